The van der Waals surface area contributed by atoms with Gasteiger partial charge in [-0.3, -0.25) is 14.9 Å². The molecule has 1 aromatic carbocycles. The Bertz CT molecular complexity index is 885. The maximum atomic E-state index is 11.9. The van der Waals surface area contributed by atoms with Crippen molar-refractivity contribution in [3.8, 4) is 11.3 Å². The first kappa shape index (κ1) is 15.8. The Morgan fingerprint density at radius 2 is 2.00 bits per heavy atom. The summed E-state index contributed by atoms with van der Waals surface area (Å²) in [5, 5.41) is 17.5. The Morgan fingerprint density at radius 1 is 1.25 bits per heavy atom. The number of nitrogens with one attached hydrogen (secondary N) is 1. The highest BCUT2D eigenvalue weighted by Crippen LogP contribution is 2.22. The SMILES string of the molecule is O=C(NCc1cc(-c2ccc(Cl)cc2)on1)c1ccc([N+](=O)[O-])o1. The molecule has 8 nitrogen and oxygen atoms in total. The average Bonchev–Trinajstić information content (AvgIpc) is 3.23. The largest absolute Gasteiger partial charge is 0.433 e. The number of halogens is 1. The van der Waals surface area contributed by atoms with Gasteiger partial charge in [0.2, 0.25) is 0 Å². The lowest BCUT2D eigenvalue weighted by atomic mass is 10.1. The molecule has 0 saturated carbocycles. The Hall–Kier alpha value is -3.13. The van der Waals surface area contributed by atoms with Crippen molar-refractivity contribution in [3.63, 3.8) is 0 Å². The number of hydrogen-bond acceptors (Lipinski definition) is 6. The van der Waals surface area contributed by atoms with Crippen molar-refractivity contribution in [1.82, 2.24) is 10.5 Å². The van der Waals surface area contributed by atoms with Gasteiger partial charge in [-0.2, -0.15) is 0 Å². The molecule has 0 fully saturated rings. The van der Waals surface area contributed by atoms with E-state index in [1.54, 1.807) is 30.3 Å². The fourth-order valence-corrected chi connectivity index (χ4v) is 2.08. The minimum absolute atomic E-state index is 0.0877. The Balaban J connectivity index is 1.63. The van der Waals surface area contributed by atoms with Crippen molar-refractivity contribution in [1.29, 1.82) is 0 Å². The Morgan fingerprint density at radius 3 is 2.67 bits per heavy atom. The van der Waals surface area contributed by atoms with Crippen LogP contribution < -0.4 is 5.32 Å². The summed E-state index contributed by atoms with van der Waals surface area (Å²) >= 11 is 5.82. The van der Waals surface area contributed by atoms with Crippen molar-refractivity contribution in [2.75, 3.05) is 0 Å². The normalized spacial score (nSPS) is 10.5. The third kappa shape index (κ3) is 3.44. The molecule has 0 unspecified atom stereocenters. The smallest absolute Gasteiger partial charge is 0.395 e. The molecule has 0 aliphatic heterocycles. The molecule has 0 aliphatic carbocycles. The number of amides is 1. The molecule has 2 heterocycles. The van der Waals surface area contributed by atoms with Crippen LogP contribution in [0.15, 0.2) is 51.4 Å². The van der Waals surface area contributed by atoms with E-state index in [4.69, 9.17) is 20.5 Å². The fraction of sp³-hybridized carbons (Fsp3) is 0.0667. The summed E-state index contributed by atoms with van der Waals surface area (Å²) in [5.74, 6) is -0.696. The van der Waals surface area contributed by atoms with E-state index in [2.05, 4.69) is 10.5 Å². The van der Waals surface area contributed by atoms with E-state index >= 15 is 0 Å². The first-order valence-corrected chi connectivity index (χ1v) is 7.14. The molecule has 3 aromatic rings. The Labute approximate surface area is 140 Å². The number of carbonyl (C=O) groups excluding carboxylic acids is 1. The Kier molecular flexibility index (Phi) is 4.30. The van der Waals surface area contributed by atoms with Crippen molar-refractivity contribution in [2.45, 2.75) is 6.54 Å². The van der Waals surface area contributed by atoms with Gasteiger partial charge in [0.05, 0.1) is 12.6 Å². The van der Waals surface area contributed by atoms with Gasteiger partial charge in [-0.25, -0.2) is 0 Å². The van der Waals surface area contributed by atoms with E-state index in [1.165, 1.54) is 6.07 Å². The first-order chi connectivity index (χ1) is 11.5. The van der Waals surface area contributed by atoms with E-state index in [9.17, 15) is 14.9 Å². The number of aromatic nitrogens is 1. The zero-order chi connectivity index (χ0) is 17.1. The molecule has 122 valence electrons. The van der Waals surface area contributed by atoms with E-state index in [0.717, 1.165) is 11.6 Å². The highest BCUT2D eigenvalue weighted by Gasteiger charge is 2.17. The maximum absolute atomic E-state index is 11.9. The second-order valence-corrected chi connectivity index (χ2v) is 5.20. The summed E-state index contributed by atoms with van der Waals surface area (Å²) in [7, 11) is 0. The lowest BCUT2D eigenvalue weighted by Gasteiger charge is -1.98. The third-order valence-corrected chi connectivity index (χ3v) is 3.37. The molecule has 0 bridgehead atoms. The van der Waals surface area contributed by atoms with Crippen molar-refractivity contribution < 1.29 is 18.7 Å². The second kappa shape index (κ2) is 6.55. The minimum Gasteiger partial charge on any atom is -0.395 e. The quantitative estimate of drug-likeness (QED) is 0.559. The van der Waals surface area contributed by atoms with Crippen molar-refractivity contribution in [3.05, 3.63) is 69.1 Å². The number of carbonyl (C=O) groups is 1. The molecule has 0 atom stereocenters. The monoisotopic (exact) mass is 347 g/mol. The van der Waals surface area contributed by atoms with Gasteiger partial charge in [0, 0.05) is 16.7 Å². The molecule has 3 rings (SSSR count). The third-order valence-electron chi connectivity index (χ3n) is 3.11. The maximum Gasteiger partial charge on any atom is 0.433 e. The topological polar surface area (TPSA) is 111 Å². The van der Waals surface area contributed by atoms with Crippen LogP contribution in [-0.2, 0) is 6.54 Å². The van der Waals surface area contributed by atoms with Gasteiger partial charge in [0.15, 0.2) is 11.5 Å². The van der Waals surface area contributed by atoms with Gasteiger partial charge in [0.1, 0.15) is 10.6 Å². The number of furan rings is 1. The second-order valence-electron chi connectivity index (χ2n) is 4.77. The predicted molar refractivity (Wildman–Crippen MR) is 83.5 cm³/mol. The molecule has 2 aromatic heterocycles. The van der Waals surface area contributed by atoms with Crippen LogP contribution in [0.4, 0.5) is 5.88 Å². The predicted octanol–water partition coefficient (Wildman–Crippen LogP) is 3.43. The average molecular weight is 348 g/mol. The summed E-state index contributed by atoms with van der Waals surface area (Å²) in [6, 6.07) is 11.0. The summed E-state index contributed by atoms with van der Waals surface area (Å²) < 4.78 is 10.0. The van der Waals surface area contributed by atoms with Crippen LogP contribution in [0.1, 0.15) is 16.2 Å². The molecule has 1 N–H and O–H groups in total. The summed E-state index contributed by atoms with van der Waals surface area (Å²) in [4.78, 5) is 21.7. The lowest BCUT2D eigenvalue weighted by molar-refractivity contribution is -0.402. The van der Waals surface area contributed by atoms with Crippen LogP contribution >= 0.6 is 11.6 Å². The van der Waals surface area contributed by atoms with Gasteiger partial charge in [-0.15, -0.1) is 0 Å². The zero-order valence-corrected chi connectivity index (χ0v) is 12.8. The van der Waals surface area contributed by atoms with Crippen LogP contribution in [0.2, 0.25) is 5.02 Å². The number of nitro groups is 1. The summed E-state index contributed by atoms with van der Waals surface area (Å²) in [6.07, 6.45) is 0. The number of nitrogens with zero attached hydrogens (tertiary/aromatic N) is 2. The van der Waals surface area contributed by atoms with Crippen LogP contribution in [0.5, 0.6) is 0 Å². The number of hydrogen-bond donors (Lipinski definition) is 1. The number of benzene rings is 1. The standard InChI is InChI=1S/C15H10ClN3O5/c16-10-3-1-9(2-4-10)13-7-11(18-24-13)8-17-15(20)12-5-6-14(23-12)19(21)22/h1-7H,8H2,(H,17,20). The van der Waals surface area contributed by atoms with E-state index in [-0.39, 0.29) is 12.3 Å². The molecule has 1 amide bonds. The van der Waals surface area contributed by atoms with E-state index < -0.39 is 16.7 Å². The molecular formula is C15H10ClN3O5. The molecular weight excluding hydrogens is 338 g/mol. The molecule has 0 spiro atoms. The summed E-state index contributed by atoms with van der Waals surface area (Å²) in [5.41, 5.74) is 1.29. The van der Waals surface area contributed by atoms with Gasteiger partial charge in [-0.05, 0) is 30.3 Å². The fourth-order valence-electron chi connectivity index (χ4n) is 1.95. The minimum atomic E-state index is -0.715. The molecule has 24 heavy (non-hydrogen) atoms. The molecule has 0 saturated heterocycles. The lowest BCUT2D eigenvalue weighted by Crippen LogP contribution is -2.22. The van der Waals surface area contributed by atoms with Crippen molar-refractivity contribution in [2.24, 2.45) is 0 Å². The van der Waals surface area contributed by atoms with E-state index in [0.29, 0.717) is 16.5 Å². The number of rotatable bonds is 5. The van der Waals surface area contributed by atoms with Gasteiger partial charge >= 0.3 is 5.88 Å². The van der Waals surface area contributed by atoms with Crippen LogP contribution in [0.25, 0.3) is 11.3 Å². The van der Waals surface area contributed by atoms with Gasteiger partial charge < -0.3 is 14.3 Å². The highest BCUT2D eigenvalue weighted by molar-refractivity contribution is 6.30. The van der Waals surface area contributed by atoms with Crippen LogP contribution in [0.3, 0.4) is 0 Å². The first-order valence-electron chi connectivity index (χ1n) is 6.77. The molecule has 9 heteroatoms. The van der Waals surface area contributed by atoms with E-state index in [1.807, 2.05) is 0 Å². The van der Waals surface area contributed by atoms with Crippen molar-refractivity contribution >= 4 is 23.4 Å². The van der Waals surface area contributed by atoms with Gasteiger partial charge in [0.25, 0.3) is 5.91 Å². The highest BCUT2D eigenvalue weighted by atomic mass is 35.5. The van der Waals surface area contributed by atoms with Crippen LogP contribution in [0, 0.1) is 10.1 Å². The zero-order valence-electron chi connectivity index (χ0n) is 12.1. The summed E-state index contributed by atoms with van der Waals surface area (Å²) in [6.45, 7) is 0.0877. The van der Waals surface area contributed by atoms with Crippen LogP contribution in [-0.4, -0.2) is 16.0 Å². The van der Waals surface area contributed by atoms with Gasteiger partial charge in [-0.1, -0.05) is 16.8 Å². The molecule has 0 aliphatic rings. The molecule has 0 radical (unpaired) electrons.